The summed E-state index contributed by atoms with van der Waals surface area (Å²) in [5.74, 6) is 2.08. The van der Waals surface area contributed by atoms with Crippen molar-refractivity contribution in [2.45, 2.75) is 123 Å². The van der Waals surface area contributed by atoms with E-state index in [1.807, 2.05) is 36.7 Å². The fourth-order valence-electron chi connectivity index (χ4n) is 4.31. The number of alkyl halides is 1. The van der Waals surface area contributed by atoms with Gasteiger partial charge in [-0.2, -0.15) is 0 Å². The van der Waals surface area contributed by atoms with Crippen LogP contribution in [0.15, 0.2) is 36.7 Å². The molecule has 1 aromatic carbocycles. The van der Waals surface area contributed by atoms with Crippen LogP contribution in [-0.2, 0) is 6.42 Å². The molecule has 0 amide bonds. The Hall–Kier alpha value is -1.97. The van der Waals surface area contributed by atoms with Gasteiger partial charge in [0.2, 0.25) is 0 Å². The van der Waals surface area contributed by atoms with Crippen LogP contribution in [0, 0.1) is 5.92 Å². The van der Waals surface area contributed by atoms with E-state index in [2.05, 4.69) is 30.7 Å². The van der Waals surface area contributed by atoms with Gasteiger partial charge in [0.15, 0.2) is 5.82 Å². The summed E-state index contributed by atoms with van der Waals surface area (Å²) in [6.45, 7) is 6.79. The van der Waals surface area contributed by atoms with Crippen molar-refractivity contribution in [1.29, 1.82) is 0 Å². The van der Waals surface area contributed by atoms with Crippen molar-refractivity contribution in [3.05, 3.63) is 42.2 Å². The van der Waals surface area contributed by atoms with Crippen molar-refractivity contribution in [3.63, 3.8) is 0 Å². The van der Waals surface area contributed by atoms with Crippen molar-refractivity contribution < 1.29 is 9.13 Å². The first kappa shape index (κ1) is 29.3. The molecule has 0 radical (unpaired) electrons. The largest absolute Gasteiger partial charge is 0.491 e. The predicted octanol–water partition coefficient (Wildman–Crippen LogP) is 9.54. The molecule has 0 aliphatic heterocycles. The molecule has 0 spiro atoms. The number of hydrogen-bond acceptors (Lipinski definition) is 3. The minimum Gasteiger partial charge on any atom is -0.491 e. The van der Waals surface area contributed by atoms with Gasteiger partial charge in [0.25, 0.3) is 0 Å². The van der Waals surface area contributed by atoms with Gasteiger partial charge in [-0.1, -0.05) is 97.8 Å². The molecule has 2 unspecified atom stereocenters. The van der Waals surface area contributed by atoms with Crippen LogP contribution in [-0.4, -0.2) is 22.7 Å². The Kier molecular flexibility index (Phi) is 15.3. The van der Waals surface area contributed by atoms with E-state index in [4.69, 9.17) is 4.74 Å². The number of aromatic nitrogens is 2. The fourth-order valence-corrected chi connectivity index (χ4v) is 4.31. The van der Waals surface area contributed by atoms with Crippen LogP contribution in [0.25, 0.3) is 11.4 Å². The van der Waals surface area contributed by atoms with Crippen molar-refractivity contribution in [2.75, 3.05) is 6.61 Å². The van der Waals surface area contributed by atoms with Gasteiger partial charge in [-0.3, -0.25) is 0 Å². The summed E-state index contributed by atoms with van der Waals surface area (Å²) >= 11 is 0. The molecule has 0 saturated heterocycles. The summed E-state index contributed by atoms with van der Waals surface area (Å²) in [6, 6.07) is 7.65. The van der Waals surface area contributed by atoms with E-state index in [-0.39, 0.29) is 6.61 Å². The summed E-state index contributed by atoms with van der Waals surface area (Å²) in [7, 11) is 0. The molecular weight excluding hydrogens is 435 g/mol. The average molecular weight is 485 g/mol. The number of rotatable bonds is 20. The summed E-state index contributed by atoms with van der Waals surface area (Å²) in [4.78, 5) is 9.12. The van der Waals surface area contributed by atoms with E-state index >= 15 is 0 Å². The lowest BCUT2D eigenvalue weighted by Crippen LogP contribution is -2.13. The number of unbranched alkanes of at least 4 members (excludes halogenated alkanes) is 9. The van der Waals surface area contributed by atoms with Crippen LogP contribution in [0.2, 0.25) is 0 Å². The molecule has 2 atom stereocenters. The number of ether oxygens (including phenoxy) is 1. The molecule has 0 aliphatic rings. The van der Waals surface area contributed by atoms with Crippen LogP contribution in [0.1, 0.15) is 116 Å². The van der Waals surface area contributed by atoms with Gasteiger partial charge in [0, 0.05) is 18.0 Å². The third-order valence-corrected chi connectivity index (χ3v) is 6.98. The van der Waals surface area contributed by atoms with Crippen LogP contribution >= 0.6 is 0 Å². The number of aryl methyl sites for hydroxylation is 1. The maximum atomic E-state index is 14.1. The highest BCUT2D eigenvalue weighted by molar-refractivity contribution is 5.55. The van der Waals surface area contributed by atoms with Crippen LogP contribution in [0.5, 0.6) is 5.75 Å². The van der Waals surface area contributed by atoms with Gasteiger partial charge in [-0.05, 0) is 55.0 Å². The highest BCUT2D eigenvalue weighted by atomic mass is 19.1. The monoisotopic (exact) mass is 484 g/mol. The van der Waals surface area contributed by atoms with E-state index in [9.17, 15) is 4.39 Å². The predicted molar refractivity (Wildman–Crippen MR) is 147 cm³/mol. The number of halogens is 1. The van der Waals surface area contributed by atoms with Crippen molar-refractivity contribution in [2.24, 2.45) is 5.92 Å². The summed E-state index contributed by atoms with van der Waals surface area (Å²) in [5, 5.41) is 0. The topological polar surface area (TPSA) is 35.0 Å². The molecule has 2 aromatic rings. The Balaban J connectivity index is 1.62. The molecule has 0 fully saturated rings. The standard InChI is InChI=1S/C31H49FN2O/c1-4-6-7-8-9-10-11-12-13-14-17-27-23-33-31(34-24-27)28-19-21-30(22-20-28)35-25-29(32)18-15-16-26(3)5-2/h19-24,26,29H,4-18,25H2,1-3H3. The molecule has 0 saturated carbocycles. The van der Waals surface area contributed by atoms with Gasteiger partial charge in [0.1, 0.15) is 18.5 Å². The molecule has 1 aromatic heterocycles. The van der Waals surface area contributed by atoms with Gasteiger partial charge >= 0.3 is 0 Å². The second-order valence-corrected chi connectivity index (χ2v) is 10.2. The van der Waals surface area contributed by atoms with Gasteiger partial charge in [-0.25, -0.2) is 14.4 Å². The first-order valence-corrected chi connectivity index (χ1v) is 14.3. The first-order chi connectivity index (χ1) is 17.1. The normalized spacial score (nSPS) is 13.0. The Morgan fingerprint density at radius 1 is 0.771 bits per heavy atom. The number of hydrogen-bond donors (Lipinski definition) is 0. The lowest BCUT2D eigenvalue weighted by molar-refractivity contribution is 0.182. The molecule has 35 heavy (non-hydrogen) atoms. The zero-order valence-electron chi connectivity index (χ0n) is 22.6. The Morgan fingerprint density at radius 2 is 1.37 bits per heavy atom. The molecule has 1 heterocycles. The smallest absolute Gasteiger partial charge is 0.159 e. The summed E-state index contributed by atoms with van der Waals surface area (Å²) in [6.07, 6.45) is 21.3. The first-order valence-electron chi connectivity index (χ1n) is 14.3. The minimum absolute atomic E-state index is 0.115. The number of benzene rings is 1. The Bertz CT molecular complexity index is 763. The van der Waals surface area contributed by atoms with E-state index in [0.29, 0.717) is 18.1 Å². The SMILES string of the molecule is CCCCCCCCCCCCc1cnc(-c2ccc(OCC(F)CCCC(C)CC)cc2)nc1. The van der Waals surface area contributed by atoms with Crippen LogP contribution < -0.4 is 4.74 Å². The zero-order chi connectivity index (χ0) is 25.1. The van der Waals surface area contributed by atoms with E-state index < -0.39 is 6.17 Å². The Morgan fingerprint density at radius 3 is 1.97 bits per heavy atom. The second kappa shape index (κ2) is 18.3. The lowest BCUT2D eigenvalue weighted by atomic mass is 10.0. The average Bonchev–Trinajstić information content (AvgIpc) is 2.89. The molecule has 3 nitrogen and oxygen atoms in total. The van der Waals surface area contributed by atoms with E-state index in [1.165, 1.54) is 69.8 Å². The molecule has 0 aliphatic carbocycles. The number of nitrogens with zero attached hydrogens (tertiary/aromatic N) is 2. The van der Waals surface area contributed by atoms with Crippen LogP contribution in [0.3, 0.4) is 0 Å². The third kappa shape index (κ3) is 13.1. The lowest BCUT2D eigenvalue weighted by Gasteiger charge is -2.12. The van der Waals surface area contributed by atoms with E-state index in [1.54, 1.807) is 0 Å². The summed E-state index contributed by atoms with van der Waals surface area (Å²) in [5.41, 5.74) is 2.16. The molecule has 0 N–H and O–H groups in total. The zero-order valence-corrected chi connectivity index (χ0v) is 22.6. The maximum absolute atomic E-state index is 14.1. The molecule has 0 bridgehead atoms. The fraction of sp³-hybridized carbons (Fsp3) is 0.677. The van der Waals surface area contributed by atoms with Crippen molar-refractivity contribution in [3.8, 4) is 17.1 Å². The molecule has 2 rings (SSSR count). The summed E-state index contributed by atoms with van der Waals surface area (Å²) < 4.78 is 19.7. The molecule has 196 valence electrons. The minimum atomic E-state index is -0.912. The van der Waals surface area contributed by atoms with Crippen molar-refractivity contribution >= 4 is 0 Å². The highest BCUT2D eigenvalue weighted by Gasteiger charge is 2.09. The third-order valence-electron chi connectivity index (χ3n) is 6.98. The van der Waals surface area contributed by atoms with Gasteiger partial charge in [0.05, 0.1) is 0 Å². The molecule has 4 heteroatoms. The highest BCUT2D eigenvalue weighted by Crippen LogP contribution is 2.21. The maximum Gasteiger partial charge on any atom is 0.159 e. The van der Waals surface area contributed by atoms with Gasteiger partial charge < -0.3 is 4.74 Å². The van der Waals surface area contributed by atoms with Gasteiger partial charge in [-0.15, -0.1) is 0 Å². The van der Waals surface area contributed by atoms with Crippen LogP contribution in [0.4, 0.5) is 4.39 Å². The Labute approximate surface area is 214 Å². The van der Waals surface area contributed by atoms with Crippen molar-refractivity contribution in [1.82, 2.24) is 9.97 Å². The second-order valence-electron chi connectivity index (χ2n) is 10.2. The van der Waals surface area contributed by atoms with E-state index in [0.717, 1.165) is 37.1 Å². The quantitative estimate of drug-likeness (QED) is 0.175. The molecular formula is C31H49FN2O.